The monoisotopic (exact) mass is 235 g/mol. The van der Waals surface area contributed by atoms with Gasteiger partial charge in [0.2, 0.25) is 0 Å². The second-order valence-corrected chi connectivity index (χ2v) is 4.37. The number of hydrogen-bond donors (Lipinski definition) is 0. The van der Waals surface area contributed by atoms with Gasteiger partial charge in [-0.2, -0.15) is 5.10 Å². The van der Waals surface area contributed by atoms with Crippen LogP contribution in [-0.2, 0) is 11.2 Å². The van der Waals surface area contributed by atoms with Crippen molar-refractivity contribution in [3.8, 4) is 0 Å². The summed E-state index contributed by atoms with van der Waals surface area (Å²) in [6.45, 7) is 8.20. The van der Waals surface area contributed by atoms with Crippen molar-refractivity contribution in [1.29, 1.82) is 0 Å². The average Bonchev–Trinajstić information content (AvgIpc) is 2.74. The van der Waals surface area contributed by atoms with Crippen LogP contribution < -0.4 is 0 Å². The van der Waals surface area contributed by atoms with Crippen LogP contribution in [0, 0.1) is 0 Å². The van der Waals surface area contributed by atoms with E-state index >= 15 is 0 Å². The van der Waals surface area contributed by atoms with Gasteiger partial charge in [-0.05, 0) is 32.8 Å². The number of nitrogens with zero attached hydrogens (tertiary/aromatic N) is 3. The van der Waals surface area contributed by atoms with Crippen LogP contribution >= 0.6 is 0 Å². The van der Waals surface area contributed by atoms with Gasteiger partial charge in [-0.25, -0.2) is 9.67 Å². The lowest BCUT2D eigenvalue weighted by Crippen LogP contribution is -2.12. The predicted octanol–water partition coefficient (Wildman–Crippen LogP) is 2.72. The molecule has 1 aromatic heterocycles. The summed E-state index contributed by atoms with van der Waals surface area (Å²) in [7, 11) is 0. The number of carbonyl (C=O) groups is 1. The van der Waals surface area contributed by atoms with E-state index in [1.807, 2.05) is 13.8 Å². The Morgan fingerprint density at radius 3 is 2.59 bits per heavy atom. The molecule has 4 nitrogen and oxygen atoms in total. The number of carbonyl (C=O) groups excluding carboxylic acids is 1. The fraction of sp³-hybridized carbons (Fsp3) is 0.615. The molecule has 1 rings (SSSR count). The highest BCUT2D eigenvalue weighted by atomic mass is 16.1. The first-order valence-corrected chi connectivity index (χ1v) is 6.19. The fourth-order valence-electron chi connectivity index (χ4n) is 1.72. The van der Waals surface area contributed by atoms with Crippen LogP contribution in [0.1, 0.15) is 52.4 Å². The molecule has 0 atom stereocenters. The molecule has 1 aromatic rings. The molecule has 0 aliphatic rings. The predicted molar refractivity (Wildman–Crippen MR) is 67.8 cm³/mol. The molecular formula is C13H21N3O. The largest absolute Gasteiger partial charge is 0.294 e. The lowest BCUT2D eigenvalue weighted by Gasteiger charge is -2.08. The third kappa shape index (κ3) is 3.80. The Balaban J connectivity index is 2.74. The number of ketones is 1. The summed E-state index contributed by atoms with van der Waals surface area (Å²) < 4.78 is 1.79. The highest BCUT2D eigenvalue weighted by Gasteiger charge is 2.10. The Labute approximate surface area is 103 Å². The lowest BCUT2D eigenvalue weighted by atomic mass is 10.1. The van der Waals surface area contributed by atoms with Crippen LogP contribution in [-0.4, -0.2) is 20.5 Å². The van der Waals surface area contributed by atoms with Gasteiger partial charge in [0, 0.05) is 6.04 Å². The molecule has 0 aliphatic heterocycles. The molecule has 0 unspecified atom stereocenters. The minimum atomic E-state index is 0.110. The Morgan fingerprint density at radius 1 is 1.41 bits per heavy atom. The highest BCUT2D eigenvalue weighted by Crippen LogP contribution is 2.09. The number of hydrogen-bond acceptors (Lipinski definition) is 3. The zero-order chi connectivity index (χ0) is 12.8. The number of allylic oxidation sites excluding steroid dienone is 2. The minimum absolute atomic E-state index is 0.110. The summed E-state index contributed by atoms with van der Waals surface area (Å²) in [6.07, 6.45) is 5.45. The van der Waals surface area contributed by atoms with E-state index in [2.05, 4.69) is 23.9 Å². The van der Waals surface area contributed by atoms with Crippen molar-refractivity contribution < 1.29 is 4.79 Å². The van der Waals surface area contributed by atoms with Gasteiger partial charge >= 0.3 is 0 Å². The van der Waals surface area contributed by atoms with Crippen LogP contribution in [0.15, 0.2) is 18.0 Å². The topological polar surface area (TPSA) is 47.8 Å². The van der Waals surface area contributed by atoms with E-state index in [-0.39, 0.29) is 11.8 Å². The first-order valence-electron chi connectivity index (χ1n) is 6.19. The van der Waals surface area contributed by atoms with Crippen molar-refractivity contribution in [2.75, 3.05) is 0 Å². The molecule has 0 bridgehead atoms. The van der Waals surface area contributed by atoms with Crippen molar-refractivity contribution in [2.24, 2.45) is 0 Å². The summed E-state index contributed by atoms with van der Waals surface area (Å²) in [5.74, 6) is 0.853. The van der Waals surface area contributed by atoms with E-state index in [1.165, 1.54) is 11.9 Å². The molecule has 1 heterocycles. The van der Waals surface area contributed by atoms with E-state index < -0.39 is 0 Å². The maximum atomic E-state index is 11.9. The Kier molecular flexibility index (Phi) is 5.07. The second kappa shape index (κ2) is 6.33. The molecule has 0 N–H and O–H groups in total. The first-order chi connectivity index (χ1) is 8.08. The van der Waals surface area contributed by atoms with Gasteiger partial charge in [-0.15, -0.1) is 0 Å². The molecule has 0 aliphatic carbocycles. The molecule has 17 heavy (non-hydrogen) atoms. The summed E-state index contributed by atoms with van der Waals surface area (Å²) in [5, 5.41) is 4.12. The van der Waals surface area contributed by atoms with Crippen LogP contribution in [0.4, 0.5) is 0 Å². The summed E-state index contributed by atoms with van der Waals surface area (Å²) in [6, 6.07) is 0.237. The summed E-state index contributed by atoms with van der Waals surface area (Å²) >= 11 is 0. The molecule has 0 radical (unpaired) electrons. The molecule has 4 heteroatoms. The molecule has 0 saturated carbocycles. The van der Waals surface area contributed by atoms with E-state index in [0.717, 1.165) is 18.7 Å². The molecule has 0 amide bonds. The van der Waals surface area contributed by atoms with Crippen molar-refractivity contribution >= 4 is 5.78 Å². The Morgan fingerprint density at radius 2 is 2.06 bits per heavy atom. The fourth-order valence-corrected chi connectivity index (χ4v) is 1.72. The van der Waals surface area contributed by atoms with Gasteiger partial charge in [0.1, 0.15) is 12.2 Å². The quantitative estimate of drug-likeness (QED) is 0.712. The minimum Gasteiger partial charge on any atom is -0.294 e. The van der Waals surface area contributed by atoms with E-state index in [4.69, 9.17) is 0 Å². The lowest BCUT2D eigenvalue weighted by molar-refractivity contribution is -0.114. The van der Waals surface area contributed by atoms with E-state index in [1.54, 1.807) is 10.8 Å². The SMILES string of the molecule is CCC(=CC(=O)Cc1ncnn1C(C)C)CC. The molecule has 0 saturated heterocycles. The zero-order valence-electron chi connectivity index (χ0n) is 11.1. The first kappa shape index (κ1) is 13.6. The van der Waals surface area contributed by atoms with Crippen LogP contribution in [0.2, 0.25) is 0 Å². The van der Waals surface area contributed by atoms with Gasteiger partial charge in [0.05, 0.1) is 6.42 Å². The van der Waals surface area contributed by atoms with Gasteiger partial charge < -0.3 is 0 Å². The molecule has 0 spiro atoms. The van der Waals surface area contributed by atoms with Crippen LogP contribution in [0.3, 0.4) is 0 Å². The van der Waals surface area contributed by atoms with Crippen LogP contribution in [0.25, 0.3) is 0 Å². The van der Waals surface area contributed by atoms with Crippen molar-refractivity contribution in [2.45, 2.75) is 53.0 Å². The molecule has 0 aromatic carbocycles. The van der Waals surface area contributed by atoms with Gasteiger partial charge in [0.25, 0.3) is 0 Å². The number of aromatic nitrogens is 3. The second-order valence-electron chi connectivity index (χ2n) is 4.37. The van der Waals surface area contributed by atoms with Crippen LogP contribution in [0.5, 0.6) is 0 Å². The molecule has 0 fully saturated rings. The maximum Gasteiger partial charge on any atom is 0.163 e. The third-order valence-corrected chi connectivity index (χ3v) is 2.74. The van der Waals surface area contributed by atoms with Crippen molar-refractivity contribution in [3.05, 3.63) is 23.8 Å². The van der Waals surface area contributed by atoms with Gasteiger partial charge in [0.15, 0.2) is 5.78 Å². The van der Waals surface area contributed by atoms with Crippen molar-refractivity contribution in [1.82, 2.24) is 14.8 Å². The Hall–Kier alpha value is -1.45. The average molecular weight is 235 g/mol. The third-order valence-electron chi connectivity index (χ3n) is 2.74. The number of rotatable bonds is 6. The standard InChI is InChI=1S/C13H21N3O/c1-5-11(6-2)7-12(17)8-13-14-9-15-16(13)10(3)4/h7,9-10H,5-6,8H2,1-4H3. The molecular weight excluding hydrogens is 214 g/mol. The smallest absolute Gasteiger partial charge is 0.163 e. The summed E-state index contributed by atoms with van der Waals surface area (Å²) in [5.41, 5.74) is 1.19. The maximum absolute atomic E-state index is 11.9. The van der Waals surface area contributed by atoms with E-state index in [0.29, 0.717) is 6.42 Å². The highest BCUT2D eigenvalue weighted by molar-refractivity contribution is 5.91. The summed E-state index contributed by atoms with van der Waals surface area (Å²) in [4.78, 5) is 16.0. The van der Waals surface area contributed by atoms with Gasteiger partial charge in [-0.1, -0.05) is 19.4 Å². The normalized spacial score (nSPS) is 10.6. The molecule has 94 valence electrons. The Bertz CT molecular complexity index is 399. The van der Waals surface area contributed by atoms with E-state index in [9.17, 15) is 4.79 Å². The van der Waals surface area contributed by atoms with Crippen molar-refractivity contribution in [3.63, 3.8) is 0 Å². The zero-order valence-corrected chi connectivity index (χ0v) is 11.1. The van der Waals surface area contributed by atoms with Gasteiger partial charge in [-0.3, -0.25) is 4.79 Å².